The van der Waals surface area contributed by atoms with Crippen LogP contribution in [0.1, 0.15) is 17.3 Å². The van der Waals surface area contributed by atoms with E-state index < -0.39 is 28.3 Å². The fourth-order valence-electron chi connectivity index (χ4n) is 3.31. The number of carbonyl (C=O) groups is 1. The molecule has 4 aromatic rings. The topological polar surface area (TPSA) is 111 Å². The Balaban J connectivity index is 1.56. The first-order chi connectivity index (χ1) is 15.9. The van der Waals surface area contributed by atoms with Crippen molar-refractivity contribution >= 4 is 32.6 Å². The number of ether oxygens (including phenoxy) is 1. The molecular formula is C23H20N4O5S. The molecule has 1 aromatic heterocycles. The first-order valence-corrected chi connectivity index (χ1v) is 11.5. The SMILES string of the molecule is CCN(c1ccccc1)S(=O)(=O)c1cccc(C(=O)OCn2nnc3ccccc3c2=O)c1. The number of carbonyl (C=O) groups excluding carboxylic acids is 1. The molecule has 0 atom stereocenters. The van der Waals surface area contributed by atoms with Crippen LogP contribution in [-0.2, 0) is 21.5 Å². The van der Waals surface area contributed by atoms with Crippen LogP contribution in [0.15, 0.2) is 88.6 Å². The number of sulfonamides is 1. The monoisotopic (exact) mass is 464 g/mol. The second-order valence-electron chi connectivity index (χ2n) is 7.01. The molecule has 0 radical (unpaired) electrons. The summed E-state index contributed by atoms with van der Waals surface area (Å²) in [7, 11) is -3.91. The molecule has 0 amide bonds. The molecule has 0 fully saturated rings. The predicted octanol–water partition coefficient (Wildman–Crippen LogP) is 2.82. The van der Waals surface area contributed by atoms with E-state index in [1.54, 1.807) is 61.5 Å². The van der Waals surface area contributed by atoms with Gasteiger partial charge in [-0.1, -0.05) is 41.6 Å². The highest BCUT2D eigenvalue weighted by molar-refractivity contribution is 7.92. The van der Waals surface area contributed by atoms with Crippen LogP contribution in [0.25, 0.3) is 10.9 Å². The van der Waals surface area contributed by atoms with Crippen LogP contribution in [0.5, 0.6) is 0 Å². The first kappa shape index (κ1) is 22.2. The molecule has 0 saturated carbocycles. The van der Waals surface area contributed by atoms with Crippen LogP contribution in [0, 0.1) is 0 Å². The lowest BCUT2D eigenvalue weighted by Gasteiger charge is -2.23. The standard InChI is InChI=1S/C23H20N4O5S/c1-2-27(18-10-4-3-5-11-18)33(30,31)19-12-8-9-17(15-19)23(29)32-16-26-22(28)20-13-6-7-14-21(20)24-25-26/h3-15H,2,16H2,1H3. The number of hydrogen-bond acceptors (Lipinski definition) is 7. The lowest BCUT2D eigenvalue weighted by molar-refractivity contribution is 0.0336. The van der Waals surface area contributed by atoms with E-state index in [4.69, 9.17) is 4.74 Å². The van der Waals surface area contributed by atoms with Crippen molar-refractivity contribution in [1.29, 1.82) is 0 Å². The van der Waals surface area contributed by atoms with Gasteiger partial charge in [0.25, 0.3) is 15.6 Å². The average molecular weight is 465 g/mol. The van der Waals surface area contributed by atoms with E-state index in [2.05, 4.69) is 10.3 Å². The van der Waals surface area contributed by atoms with Crippen molar-refractivity contribution in [1.82, 2.24) is 15.0 Å². The van der Waals surface area contributed by atoms with Crippen LogP contribution in [0.2, 0.25) is 0 Å². The van der Waals surface area contributed by atoms with Gasteiger partial charge in [-0.2, -0.15) is 4.68 Å². The average Bonchev–Trinajstić information content (AvgIpc) is 2.84. The van der Waals surface area contributed by atoms with E-state index in [-0.39, 0.29) is 17.0 Å². The highest BCUT2D eigenvalue weighted by Crippen LogP contribution is 2.24. The Morgan fingerprint density at radius 2 is 1.73 bits per heavy atom. The zero-order valence-electron chi connectivity index (χ0n) is 17.7. The smallest absolute Gasteiger partial charge is 0.339 e. The fourth-order valence-corrected chi connectivity index (χ4v) is 4.83. The number of hydrogen-bond donors (Lipinski definition) is 0. The van der Waals surface area contributed by atoms with Crippen molar-refractivity contribution in [3.05, 3.63) is 94.8 Å². The maximum Gasteiger partial charge on any atom is 0.339 e. The molecule has 0 aliphatic rings. The summed E-state index contributed by atoms with van der Waals surface area (Å²) in [5.74, 6) is -0.795. The highest BCUT2D eigenvalue weighted by Gasteiger charge is 2.24. The quantitative estimate of drug-likeness (QED) is 0.387. The summed E-state index contributed by atoms with van der Waals surface area (Å²) >= 11 is 0. The molecule has 3 aromatic carbocycles. The molecule has 0 bridgehead atoms. The zero-order valence-corrected chi connectivity index (χ0v) is 18.5. The minimum atomic E-state index is -3.91. The summed E-state index contributed by atoms with van der Waals surface area (Å²) in [6.45, 7) is 1.48. The van der Waals surface area contributed by atoms with Crippen LogP contribution < -0.4 is 9.86 Å². The Hall–Kier alpha value is -4.05. The normalized spacial score (nSPS) is 11.3. The summed E-state index contributed by atoms with van der Waals surface area (Å²) in [6.07, 6.45) is 0. The zero-order chi connectivity index (χ0) is 23.4. The lowest BCUT2D eigenvalue weighted by Crippen LogP contribution is -2.31. The first-order valence-electron chi connectivity index (χ1n) is 10.1. The van der Waals surface area contributed by atoms with E-state index in [0.717, 1.165) is 4.68 Å². The van der Waals surface area contributed by atoms with Crippen molar-refractivity contribution < 1.29 is 17.9 Å². The van der Waals surface area contributed by atoms with Gasteiger partial charge in [-0.3, -0.25) is 9.10 Å². The number of para-hydroxylation sites is 1. The number of esters is 1. The summed E-state index contributed by atoms with van der Waals surface area (Å²) in [5, 5.41) is 8.05. The molecule has 0 aliphatic carbocycles. The van der Waals surface area contributed by atoms with Crippen molar-refractivity contribution in [2.75, 3.05) is 10.8 Å². The summed E-state index contributed by atoms with van der Waals surface area (Å²) in [6, 6.07) is 20.9. The molecule has 1 heterocycles. The Morgan fingerprint density at radius 1 is 1.00 bits per heavy atom. The predicted molar refractivity (Wildman–Crippen MR) is 122 cm³/mol. The molecule has 0 aliphatic heterocycles. The van der Waals surface area contributed by atoms with Gasteiger partial charge >= 0.3 is 5.97 Å². The molecule has 4 rings (SSSR count). The summed E-state index contributed by atoms with van der Waals surface area (Å²) in [5.41, 5.74) is 0.525. The Morgan fingerprint density at radius 3 is 2.48 bits per heavy atom. The third kappa shape index (κ3) is 4.46. The Kier molecular flexibility index (Phi) is 6.18. The second-order valence-corrected chi connectivity index (χ2v) is 8.87. The number of benzene rings is 3. The van der Waals surface area contributed by atoms with E-state index >= 15 is 0 Å². The molecule has 0 N–H and O–H groups in total. The van der Waals surface area contributed by atoms with Gasteiger partial charge in [0.2, 0.25) is 0 Å². The number of fused-ring (bicyclic) bond motifs is 1. The Labute approximate surface area is 189 Å². The molecule has 10 heteroatoms. The minimum Gasteiger partial charge on any atom is -0.439 e. The van der Waals surface area contributed by atoms with E-state index in [1.807, 2.05) is 0 Å². The number of nitrogens with zero attached hydrogens (tertiary/aromatic N) is 4. The number of rotatable bonds is 7. The van der Waals surface area contributed by atoms with Gasteiger partial charge in [-0.15, -0.1) is 5.10 Å². The largest absolute Gasteiger partial charge is 0.439 e. The molecule has 0 spiro atoms. The van der Waals surface area contributed by atoms with Crippen molar-refractivity contribution in [2.45, 2.75) is 18.6 Å². The minimum absolute atomic E-state index is 0.0296. The molecule has 168 valence electrons. The van der Waals surface area contributed by atoms with E-state index in [1.165, 1.54) is 28.6 Å². The van der Waals surface area contributed by atoms with Gasteiger partial charge in [0.1, 0.15) is 5.52 Å². The Bertz CT molecular complexity index is 1470. The lowest BCUT2D eigenvalue weighted by atomic mass is 10.2. The molecule has 0 unspecified atom stereocenters. The van der Waals surface area contributed by atoms with Crippen molar-refractivity contribution in [3.8, 4) is 0 Å². The number of aromatic nitrogens is 3. The molecule has 0 saturated heterocycles. The van der Waals surface area contributed by atoms with Crippen molar-refractivity contribution in [3.63, 3.8) is 0 Å². The molecule has 33 heavy (non-hydrogen) atoms. The highest BCUT2D eigenvalue weighted by atomic mass is 32.2. The van der Waals surface area contributed by atoms with Gasteiger partial charge in [0.05, 0.1) is 21.5 Å². The van der Waals surface area contributed by atoms with Crippen LogP contribution in [0.3, 0.4) is 0 Å². The van der Waals surface area contributed by atoms with Gasteiger partial charge < -0.3 is 4.74 Å². The third-order valence-corrected chi connectivity index (χ3v) is 6.84. The maximum atomic E-state index is 13.2. The summed E-state index contributed by atoms with van der Waals surface area (Å²) < 4.78 is 33.8. The fraction of sp³-hybridized carbons (Fsp3) is 0.130. The van der Waals surface area contributed by atoms with Crippen molar-refractivity contribution in [2.24, 2.45) is 0 Å². The molecular weight excluding hydrogens is 444 g/mol. The van der Waals surface area contributed by atoms with Crippen LogP contribution >= 0.6 is 0 Å². The maximum absolute atomic E-state index is 13.2. The van der Waals surface area contributed by atoms with Crippen LogP contribution in [0.4, 0.5) is 5.69 Å². The third-order valence-electron chi connectivity index (χ3n) is 4.94. The van der Waals surface area contributed by atoms with E-state index in [9.17, 15) is 18.0 Å². The van der Waals surface area contributed by atoms with E-state index in [0.29, 0.717) is 16.6 Å². The van der Waals surface area contributed by atoms with Gasteiger partial charge in [-0.05, 0) is 49.4 Å². The van der Waals surface area contributed by atoms with Gasteiger partial charge in [0, 0.05) is 6.54 Å². The molecule has 9 nitrogen and oxygen atoms in total. The summed E-state index contributed by atoms with van der Waals surface area (Å²) in [4.78, 5) is 25.0. The van der Waals surface area contributed by atoms with Gasteiger partial charge in [-0.25, -0.2) is 13.2 Å². The van der Waals surface area contributed by atoms with Gasteiger partial charge in [0.15, 0.2) is 6.73 Å². The van der Waals surface area contributed by atoms with Crippen LogP contribution in [-0.4, -0.2) is 35.9 Å². The second kappa shape index (κ2) is 9.21. The number of anilines is 1.